The molecule has 4 rings (SSSR count). The fourth-order valence-corrected chi connectivity index (χ4v) is 6.50. The normalized spacial score (nSPS) is 10.9. The van der Waals surface area contributed by atoms with Crippen molar-refractivity contribution in [2.45, 2.75) is 64.2 Å². The van der Waals surface area contributed by atoms with Crippen molar-refractivity contribution in [3.05, 3.63) is 71.8 Å². The van der Waals surface area contributed by atoms with Crippen LogP contribution in [0.25, 0.3) is 0 Å². The molecule has 0 aliphatic rings. The van der Waals surface area contributed by atoms with Gasteiger partial charge in [0.25, 0.3) is 23.6 Å². The monoisotopic (exact) mass is 802 g/mol. The molecule has 4 aromatic rings. The Balaban J connectivity index is 1.01. The molecule has 0 aromatic carbocycles. The summed E-state index contributed by atoms with van der Waals surface area (Å²) in [6.45, 7) is 0.817. The third kappa shape index (κ3) is 13.2. The lowest BCUT2D eigenvalue weighted by molar-refractivity contribution is -0.115. The summed E-state index contributed by atoms with van der Waals surface area (Å²) in [4.78, 5) is 74.4. The maximum absolute atomic E-state index is 12.8. The Morgan fingerprint density at radius 1 is 0.414 bits per heavy atom. The van der Waals surface area contributed by atoms with Crippen molar-refractivity contribution in [3.8, 4) is 0 Å². The summed E-state index contributed by atoms with van der Waals surface area (Å²) in [6.07, 6.45) is 17.2. The van der Waals surface area contributed by atoms with Crippen LogP contribution in [0.1, 0.15) is 106 Å². The molecule has 0 bridgehead atoms. The number of carbonyl (C=O) groups excluding carboxylic acids is 6. The molecule has 18 heteroatoms. The zero-order chi connectivity index (χ0) is 42.2. The molecule has 0 aliphatic heterocycles. The first-order chi connectivity index (χ1) is 27.8. The molecule has 0 radical (unpaired) electrons. The minimum atomic E-state index is -0.376. The average Bonchev–Trinajstić information content (AvgIpc) is 3.95. The van der Waals surface area contributed by atoms with E-state index in [1.807, 2.05) is 0 Å². The number of carbonyl (C=O) groups is 6. The van der Waals surface area contributed by atoms with Crippen molar-refractivity contribution in [1.29, 1.82) is 0 Å². The van der Waals surface area contributed by atoms with Gasteiger partial charge in [0.2, 0.25) is 11.8 Å². The fraction of sp³-hybridized carbons (Fsp3) is 0.450. The molecule has 10 N–H and O–H groups in total. The van der Waals surface area contributed by atoms with Crippen LogP contribution in [0.4, 0.5) is 22.7 Å². The second-order valence-corrected chi connectivity index (χ2v) is 14.4. The zero-order valence-corrected chi connectivity index (χ0v) is 33.9. The number of aromatic nitrogens is 4. The first-order valence-electron chi connectivity index (χ1n) is 19.6. The first kappa shape index (κ1) is 44.6. The van der Waals surface area contributed by atoms with E-state index in [0.717, 1.165) is 64.2 Å². The Bertz CT molecular complexity index is 1910. The summed E-state index contributed by atoms with van der Waals surface area (Å²) >= 11 is 0. The van der Waals surface area contributed by atoms with Gasteiger partial charge >= 0.3 is 0 Å². The Hall–Kier alpha value is -6.14. The van der Waals surface area contributed by atoms with Gasteiger partial charge in [0, 0.05) is 66.1 Å². The van der Waals surface area contributed by atoms with E-state index in [4.69, 9.17) is 11.5 Å². The van der Waals surface area contributed by atoms with Gasteiger partial charge in [-0.05, 0) is 37.1 Å². The molecule has 4 aromatic heterocycles. The number of nitrogens with one attached hydrogen (secondary N) is 6. The SMILES string of the molecule is Cn1cc(NC(=O)c2cc(NC(=O)CN)cn2C)cc1C(=O)NCCCCCCCCCCCCNC(=O)c1cc(NC(=O)c2cc(NC(=O)CN)cn2C)cn1C. The van der Waals surface area contributed by atoms with E-state index in [-0.39, 0.29) is 48.5 Å². The third-order valence-electron chi connectivity index (χ3n) is 9.58. The molecule has 0 aliphatic carbocycles. The minimum Gasteiger partial charge on any atom is -0.351 e. The highest BCUT2D eigenvalue weighted by molar-refractivity contribution is 6.06. The van der Waals surface area contributed by atoms with Crippen molar-refractivity contribution in [1.82, 2.24) is 28.9 Å². The standard InChI is InChI=1S/C40H58N12O6/c1-49-25-29(47-39(57)33-17-27(23-51(33)3)45-35(53)21-41)19-31(49)37(55)43-15-13-11-9-7-5-6-8-10-12-14-16-44-38(56)32-20-30(26-50(32)2)48-40(58)34-18-28(24-52(34)4)46-36(54)22-42/h17-20,23-26H,5-16,21-22,41-42H2,1-4H3,(H,43,55)(H,44,56)(H,45,53)(H,46,54)(H,47,57)(H,48,58). The summed E-state index contributed by atoms with van der Waals surface area (Å²) in [5, 5.41) is 16.8. The van der Waals surface area contributed by atoms with Gasteiger partial charge in [-0.3, -0.25) is 28.8 Å². The van der Waals surface area contributed by atoms with Crippen LogP contribution in [-0.2, 0) is 37.8 Å². The summed E-state index contributed by atoms with van der Waals surface area (Å²) in [5.74, 6) is -1.88. The van der Waals surface area contributed by atoms with Crippen molar-refractivity contribution < 1.29 is 28.8 Å². The largest absolute Gasteiger partial charge is 0.351 e. The molecular formula is C40H58N12O6. The lowest BCUT2D eigenvalue weighted by Gasteiger charge is -2.07. The smallest absolute Gasteiger partial charge is 0.272 e. The number of nitrogens with two attached hydrogens (primary N) is 2. The number of amides is 6. The number of unbranched alkanes of at least 4 members (excludes halogenated alkanes) is 9. The van der Waals surface area contributed by atoms with E-state index in [1.54, 1.807) is 95.5 Å². The summed E-state index contributed by atoms with van der Waals surface area (Å²) in [6, 6.07) is 6.38. The van der Waals surface area contributed by atoms with Crippen molar-refractivity contribution in [2.24, 2.45) is 39.7 Å². The van der Waals surface area contributed by atoms with Gasteiger partial charge in [-0.25, -0.2) is 0 Å². The Labute approximate surface area is 338 Å². The number of anilines is 4. The van der Waals surface area contributed by atoms with Crippen LogP contribution in [0.2, 0.25) is 0 Å². The van der Waals surface area contributed by atoms with Crippen LogP contribution in [0, 0.1) is 0 Å². The molecule has 0 unspecified atom stereocenters. The maximum atomic E-state index is 12.8. The number of rotatable bonds is 23. The van der Waals surface area contributed by atoms with Crippen molar-refractivity contribution >= 4 is 58.2 Å². The predicted octanol–water partition coefficient (Wildman–Crippen LogP) is 3.40. The van der Waals surface area contributed by atoms with Gasteiger partial charge in [-0.2, -0.15) is 0 Å². The van der Waals surface area contributed by atoms with Crippen LogP contribution in [0.5, 0.6) is 0 Å². The van der Waals surface area contributed by atoms with E-state index in [0.29, 0.717) is 58.6 Å². The lowest BCUT2D eigenvalue weighted by atomic mass is 10.1. The molecule has 0 spiro atoms. The van der Waals surface area contributed by atoms with Gasteiger partial charge < -0.3 is 61.6 Å². The highest BCUT2D eigenvalue weighted by Crippen LogP contribution is 2.19. The average molecular weight is 803 g/mol. The van der Waals surface area contributed by atoms with E-state index in [2.05, 4.69) is 31.9 Å². The van der Waals surface area contributed by atoms with E-state index in [1.165, 1.54) is 0 Å². The molecule has 18 nitrogen and oxygen atoms in total. The van der Waals surface area contributed by atoms with Crippen molar-refractivity contribution in [2.75, 3.05) is 47.4 Å². The van der Waals surface area contributed by atoms with Crippen LogP contribution in [0.15, 0.2) is 49.1 Å². The van der Waals surface area contributed by atoms with E-state index < -0.39 is 0 Å². The van der Waals surface area contributed by atoms with Crippen LogP contribution < -0.4 is 43.4 Å². The third-order valence-corrected chi connectivity index (χ3v) is 9.58. The highest BCUT2D eigenvalue weighted by Gasteiger charge is 2.18. The Kier molecular flexibility index (Phi) is 16.9. The van der Waals surface area contributed by atoms with Gasteiger partial charge in [0.05, 0.1) is 35.8 Å². The number of nitrogens with zero attached hydrogens (tertiary/aromatic N) is 4. The predicted molar refractivity (Wildman–Crippen MR) is 224 cm³/mol. The topological polar surface area (TPSA) is 246 Å². The van der Waals surface area contributed by atoms with Crippen LogP contribution >= 0.6 is 0 Å². The number of hydrogen-bond acceptors (Lipinski definition) is 8. The summed E-state index contributed by atoms with van der Waals surface area (Å²) in [7, 11) is 6.89. The highest BCUT2D eigenvalue weighted by atomic mass is 16.2. The molecular weight excluding hydrogens is 745 g/mol. The minimum absolute atomic E-state index is 0.160. The second kappa shape index (κ2) is 22.0. The lowest BCUT2D eigenvalue weighted by Crippen LogP contribution is -2.26. The number of hydrogen-bond donors (Lipinski definition) is 8. The Morgan fingerprint density at radius 2 is 0.672 bits per heavy atom. The van der Waals surface area contributed by atoms with Gasteiger partial charge in [0.15, 0.2) is 0 Å². The molecule has 6 amide bonds. The molecule has 0 saturated heterocycles. The quantitative estimate of drug-likeness (QED) is 0.0516. The zero-order valence-electron chi connectivity index (χ0n) is 33.9. The van der Waals surface area contributed by atoms with Gasteiger partial charge in [-0.15, -0.1) is 0 Å². The second-order valence-electron chi connectivity index (χ2n) is 14.4. The molecule has 0 fully saturated rings. The maximum Gasteiger partial charge on any atom is 0.272 e. The number of aryl methyl sites for hydroxylation is 4. The first-order valence-corrected chi connectivity index (χ1v) is 19.6. The molecule has 58 heavy (non-hydrogen) atoms. The van der Waals surface area contributed by atoms with Crippen molar-refractivity contribution in [3.63, 3.8) is 0 Å². The fourth-order valence-electron chi connectivity index (χ4n) is 6.50. The van der Waals surface area contributed by atoms with Crippen LogP contribution in [-0.4, -0.2) is 79.9 Å². The molecule has 0 atom stereocenters. The van der Waals surface area contributed by atoms with E-state index >= 15 is 0 Å². The van der Waals surface area contributed by atoms with Gasteiger partial charge in [-0.1, -0.05) is 51.4 Å². The Morgan fingerprint density at radius 3 is 0.966 bits per heavy atom. The van der Waals surface area contributed by atoms with E-state index in [9.17, 15) is 28.8 Å². The molecule has 0 saturated carbocycles. The summed E-state index contributed by atoms with van der Waals surface area (Å²) in [5.41, 5.74) is 14.1. The molecule has 4 heterocycles. The van der Waals surface area contributed by atoms with Crippen LogP contribution in [0.3, 0.4) is 0 Å². The van der Waals surface area contributed by atoms with Gasteiger partial charge in [0.1, 0.15) is 22.8 Å². The summed E-state index contributed by atoms with van der Waals surface area (Å²) < 4.78 is 6.53. The molecule has 314 valence electrons.